The zero-order valence-corrected chi connectivity index (χ0v) is 8.27. The van der Waals surface area contributed by atoms with Gasteiger partial charge in [-0.15, -0.1) is 0 Å². The van der Waals surface area contributed by atoms with Gasteiger partial charge in [-0.25, -0.2) is 4.98 Å². The van der Waals surface area contributed by atoms with Crippen molar-refractivity contribution in [2.45, 2.75) is 6.92 Å². The Labute approximate surface area is 85.8 Å². The highest BCUT2D eigenvalue weighted by atomic mass is 35.5. The van der Waals surface area contributed by atoms with Gasteiger partial charge in [0, 0.05) is 23.1 Å². The van der Waals surface area contributed by atoms with Gasteiger partial charge in [0.25, 0.3) is 6.47 Å². The Balaban J connectivity index is 0.000000293. The van der Waals surface area contributed by atoms with Gasteiger partial charge in [-0.2, -0.15) is 0 Å². The lowest BCUT2D eigenvalue weighted by Crippen LogP contribution is -1.84. The second kappa shape index (κ2) is 4.62. The summed E-state index contributed by atoms with van der Waals surface area (Å²) in [6.45, 7) is 1.76. The van der Waals surface area contributed by atoms with Gasteiger partial charge in [-0.05, 0) is 19.1 Å². The minimum atomic E-state index is -0.250. The van der Waals surface area contributed by atoms with Crippen molar-refractivity contribution in [3.63, 3.8) is 0 Å². The Kier molecular flexibility index (Phi) is 3.48. The molecule has 74 valence electrons. The number of pyridine rings is 1. The smallest absolute Gasteiger partial charge is 0.290 e. The lowest BCUT2D eigenvalue weighted by atomic mass is 10.4. The summed E-state index contributed by atoms with van der Waals surface area (Å²) < 4.78 is 1.99. The van der Waals surface area contributed by atoms with Gasteiger partial charge >= 0.3 is 0 Å². The molecule has 0 saturated carbocycles. The Morgan fingerprint density at radius 2 is 2.29 bits per heavy atom. The van der Waals surface area contributed by atoms with Crippen molar-refractivity contribution in [1.82, 2.24) is 9.38 Å². The van der Waals surface area contributed by atoms with Crippen LogP contribution in [0.2, 0.25) is 5.02 Å². The molecule has 2 aromatic rings. The summed E-state index contributed by atoms with van der Waals surface area (Å²) in [5, 5.41) is 7.61. The van der Waals surface area contributed by atoms with E-state index in [0.717, 1.165) is 16.4 Å². The molecule has 0 fully saturated rings. The molecule has 2 heterocycles. The van der Waals surface area contributed by atoms with Gasteiger partial charge < -0.3 is 9.51 Å². The molecular weight excluding hydrogens is 204 g/mol. The molecular formula is C9H9ClN2O2. The van der Waals surface area contributed by atoms with Crippen molar-refractivity contribution < 1.29 is 9.90 Å². The topological polar surface area (TPSA) is 54.6 Å². The van der Waals surface area contributed by atoms with Crippen molar-refractivity contribution >= 4 is 23.7 Å². The monoisotopic (exact) mass is 212 g/mol. The fourth-order valence-electron chi connectivity index (χ4n) is 1.08. The maximum Gasteiger partial charge on any atom is 0.290 e. The van der Waals surface area contributed by atoms with Crippen molar-refractivity contribution in [1.29, 1.82) is 0 Å². The first-order chi connectivity index (χ1) is 6.69. The summed E-state index contributed by atoms with van der Waals surface area (Å²) >= 11 is 5.77. The van der Waals surface area contributed by atoms with Crippen molar-refractivity contribution in [2.75, 3.05) is 0 Å². The number of hydrogen-bond donors (Lipinski definition) is 1. The van der Waals surface area contributed by atoms with E-state index in [1.165, 1.54) is 0 Å². The first kappa shape index (κ1) is 10.5. The van der Waals surface area contributed by atoms with E-state index in [0.29, 0.717) is 0 Å². The molecule has 2 rings (SSSR count). The average molecular weight is 213 g/mol. The third-order valence-electron chi connectivity index (χ3n) is 1.66. The number of carbonyl (C=O) groups is 1. The Morgan fingerprint density at radius 3 is 2.93 bits per heavy atom. The number of halogens is 1. The largest absolute Gasteiger partial charge is 0.483 e. The molecule has 14 heavy (non-hydrogen) atoms. The maximum absolute atomic E-state index is 8.36. The summed E-state index contributed by atoms with van der Waals surface area (Å²) in [6.07, 6.45) is 3.74. The van der Waals surface area contributed by atoms with E-state index in [2.05, 4.69) is 4.98 Å². The van der Waals surface area contributed by atoms with Crippen LogP contribution in [0.5, 0.6) is 0 Å². The SMILES string of the molecule is Cc1cnc2cc(Cl)ccn12.O=CO. The molecule has 0 saturated heterocycles. The average Bonchev–Trinajstić information content (AvgIpc) is 2.49. The number of nitrogens with zero attached hydrogens (tertiary/aromatic N) is 2. The van der Waals surface area contributed by atoms with Crippen LogP contribution in [0, 0.1) is 6.92 Å². The number of fused-ring (bicyclic) bond motifs is 1. The molecule has 5 heteroatoms. The quantitative estimate of drug-likeness (QED) is 0.680. The summed E-state index contributed by atoms with van der Waals surface area (Å²) in [6, 6.07) is 3.69. The fraction of sp³-hybridized carbons (Fsp3) is 0.111. The number of aryl methyl sites for hydroxylation is 1. The first-order valence-corrected chi connectivity index (χ1v) is 4.24. The second-order valence-electron chi connectivity index (χ2n) is 2.58. The molecule has 0 aromatic carbocycles. The molecule has 0 aliphatic heterocycles. The van der Waals surface area contributed by atoms with Crippen molar-refractivity contribution in [3.8, 4) is 0 Å². The van der Waals surface area contributed by atoms with Crippen LogP contribution in [0.4, 0.5) is 0 Å². The van der Waals surface area contributed by atoms with Crippen LogP contribution in [-0.4, -0.2) is 21.0 Å². The molecule has 0 unspecified atom stereocenters. The molecule has 0 bridgehead atoms. The number of imidazole rings is 1. The third-order valence-corrected chi connectivity index (χ3v) is 1.90. The molecule has 4 nitrogen and oxygen atoms in total. The molecule has 0 amide bonds. The predicted octanol–water partition coefficient (Wildman–Crippen LogP) is 2.00. The molecule has 2 aromatic heterocycles. The minimum absolute atomic E-state index is 0.250. The molecule has 0 aliphatic rings. The molecule has 0 aliphatic carbocycles. The van der Waals surface area contributed by atoms with E-state index in [1.807, 2.05) is 35.9 Å². The maximum atomic E-state index is 8.36. The van der Waals surface area contributed by atoms with E-state index in [4.69, 9.17) is 21.5 Å². The van der Waals surface area contributed by atoms with Crippen LogP contribution < -0.4 is 0 Å². The Morgan fingerprint density at radius 1 is 1.64 bits per heavy atom. The van der Waals surface area contributed by atoms with E-state index in [1.54, 1.807) is 0 Å². The van der Waals surface area contributed by atoms with E-state index in [9.17, 15) is 0 Å². The van der Waals surface area contributed by atoms with E-state index in [-0.39, 0.29) is 6.47 Å². The zero-order chi connectivity index (χ0) is 10.6. The van der Waals surface area contributed by atoms with E-state index >= 15 is 0 Å². The summed E-state index contributed by atoms with van der Waals surface area (Å²) in [4.78, 5) is 12.5. The van der Waals surface area contributed by atoms with Crippen LogP contribution in [-0.2, 0) is 4.79 Å². The van der Waals surface area contributed by atoms with Gasteiger partial charge in [-0.3, -0.25) is 4.79 Å². The van der Waals surface area contributed by atoms with Crippen LogP contribution in [0.1, 0.15) is 5.69 Å². The first-order valence-electron chi connectivity index (χ1n) is 3.86. The summed E-state index contributed by atoms with van der Waals surface area (Å²) in [7, 11) is 0. The van der Waals surface area contributed by atoms with Crippen LogP contribution in [0.15, 0.2) is 24.5 Å². The summed E-state index contributed by atoms with van der Waals surface area (Å²) in [5.41, 5.74) is 2.02. The van der Waals surface area contributed by atoms with E-state index < -0.39 is 0 Å². The molecule has 0 radical (unpaired) electrons. The Hall–Kier alpha value is -1.55. The van der Waals surface area contributed by atoms with Gasteiger partial charge in [0.05, 0.1) is 0 Å². The number of aromatic nitrogens is 2. The normalized spacial score (nSPS) is 9.29. The number of carboxylic acid groups (broad SMARTS) is 1. The van der Waals surface area contributed by atoms with Crippen molar-refractivity contribution in [3.05, 3.63) is 35.2 Å². The number of hydrogen-bond acceptors (Lipinski definition) is 2. The van der Waals surface area contributed by atoms with Crippen LogP contribution in [0.3, 0.4) is 0 Å². The standard InChI is InChI=1S/C8H7ClN2.CH2O2/c1-6-5-10-8-4-7(9)2-3-11(6)8;2-1-3/h2-5H,1H3;1H,(H,2,3). The molecule has 1 N–H and O–H groups in total. The lowest BCUT2D eigenvalue weighted by Gasteiger charge is -1.94. The predicted molar refractivity (Wildman–Crippen MR) is 53.6 cm³/mol. The third kappa shape index (κ3) is 2.23. The van der Waals surface area contributed by atoms with Gasteiger partial charge in [0.15, 0.2) is 0 Å². The van der Waals surface area contributed by atoms with Crippen molar-refractivity contribution in [2.24, 2.45) is 0 Å². The van der Waals surface area contributed by atoms with Gasteiger partial charge in [0.1, 0.15) is 5.65 Å². The second-order valence-corrected chi connectivity index (χ2v) is 3.01. The molecule has 0 atom stereocenters. The highest BCUT2D eigenvalue weighted by Crippen LogP contribution is 2.12. The van der Waals surface area contributed by atoms with Crippen LogP contribution >= 0.6 is 11.6 Å². The highest BCUT2D eigenvalue weighted by molar-refractivity contribution is 6.30. The Bertz CT molecular complexity index is 439. The molecule has 0 spiro atoms. The van der Waals surface area contributed by atoms with Gasteiger partial charge in [-0.1, -0.05) is 11.6 Å². The lowest BCUT2D eigenvalue weighted by molar-refractivity contribution is -0.122. The van der Waals surface area contributed by atoms with Crippen LogP contribution in [0.25, 0.3) is 5.65 Å². The fourth-order valence-corrected chi connectivity index (χ4v) is 1.24. The summed E-state index contributed by atoms with van der Waals surface area (Å²) in [5.74, 6) is 0. The number of rotatable bonds is 0. The zero-order valence-electron chi connectivity index (χ0n) is 7.51. The van der Waals surface area contributed by atoms with Gasteiger partial charge in [0.2, 0.25) is 0 Å². The minimum Gasteiger partial charge on any atom is -0.483 e. The highest BCUT2D eigenvalue weighted by Gasteiger charge is 1.97.